The maximum Gasteiger partial charge on any atom is 0.263 e. The molecule has 0 spiro atoms. The maximum absolute atomic E-state index is 13.2. The molecule has 4 rings (SSSR count). The van der Waals surface area contributed by atoms with Crippen LogP contribution in [0, 0.1) is 0 Å². The number of benzene rings is 3. The minimum absolute atomic E-state index is 0.00909. The fraction of sp³-hybridized carbons (Fsp3) is 0.154. The van der Waals surface area contributed by atoms with Crippen molar-refractivity contribution in [1.29, 1.82) is 0 Å². The van der Waals surface area contributed by atoms with E-state index < -0.39 is 6.10 Å². The number of hydrogen-bond acceptors (Lipinski definition) is 6. The predicted molar refractivity (Wildman–Crippen MR) is 130 cm³/mol. The number of nitrogens with zero attached hydrogens (tertiary/aromatic N) is 1. The van der Waals surface area contributed by atoms with Gasteiger partial charge in [-0.25, -0.2) is 4.98 Å². The molecule has 3 aromatic carbocycles. The zero-order valence-corrected chi connectivity index (χ0v) is 19.1. The summed E-state index contributed by atoms with van der Waals surface area (Å²) in [6.07, 6.45) is -0.972. The summed E-state index contributed by atoms with van der Waals surface area (Å²) in [4.78, 5) is 18.4. The van der Waals surface area contributed by atoms with Crippen molar-refractivity contribution in [3.63, 3.8) is 0 Å². The minimum Gasteiger partial charge on any atom is -0.497 e. The van der Waals surface area contributed by atoms with E-state index in [4.69, 9.17) is 14.5 Å². The van der Waals surface area contributed by atoms with Gasteiger partial charge in [0.25, 0.3) is 5.91 Å². The van der Waals surface area contributed by atoms with Gasteiger partial charge in [-0.2, -0.15) is 0 Å². The monoisotopic (exact) mass is 460 g/mol. The lowest BCUT2D eigenvalue weighted by Crippen LogP contribution is -2.28. The Balaban J connectivity index is 1.60. The first-order chi connectivity index (χ1) is 16.1. The van der Waals surface area contributed by atoms with Crippen molar-refractivity contribution in [2.24, 2.45) is 0 Å². The van der Waals surface area contributed by atoms with Crippen molar-refractivity contribution >= 4 is 17.2 Å². The number of rotatable bonds is 8. The van der Waals surface area contributed by atoms with E-state index >= 15 is 0 Å². The number of thiazole rings is 1. The van der Waals surface area contributed by atoms with Gasteiger partial charge in [0.1, 0.15) is 27.5 Å². The fourth-order valence-electron chi connectivity index (χ4n) is 3.45. The van der Waals surface area contributed by atoms with E-state index in [-0.39, 0.29) is 12.5 Å². The Hall–Kier alpha value is -3.68. The van der Waals surface area contributed by atoms with E-state index in [1.54, 1.807) is 25.3 Å². The maximum atomic E-state index is 13.2. The topological polar surface area (TPSA) is 80.7 Å². The molecule has 1 unspecified atom stereocenters. The molecule has 0 fully saturated rings. The molecule has 0 bridgehead atoms. The number of aliphatic hydroxyl groups is 1. The fourth-order valence-corrected chi connectivity index (χ4v) is 4.46. The second-order valence-electron chi connectivity index (χ2n) is 7.26. The third kappa shape index (κ3) is 5.05. The SMILES string of the molecule is COc1ccc(OC)c(C(O)CNC(=O)c2sc(-c3ccccc3)nc2-c2ccccc2)c1. The van der Waals surface area contributed by atoms with Crippen molar-refractivity contribution in [2.45, 2.75) is 6.10 Å². The number of ether oxygens (including phenoxy) is 2. The van der Waals surface area contributed by atoms with E-state index in [2.05, 4.69) is 5.32 Å². The normalized spacial score (nSPS) is 11.6. The van der Waals surface area contributed by atoms with Gasteiger partial charge in [0, 0.05) is 23.2 Å². The molecule has 6 nitrogen and oxygen atoms in total. The van der Waals surface area contributed by atoms with Crippen molar-refractivity contribution in [3.8, 4) is 33.3 Å². The number of nitrogens with one attached hydrogen (secondary N) is 1. The summed E-state index contributed by atoms with van der Waals surface area (Å²) in [5.74, 6) is 0.818. The van der Waals surface area contributed by atoms with Crippen LogP contribution in [0.4, 0.5) is 0 Å². The van der Waals surface area contributed by atoms with Crippen LogP contribution in [0.25, 0.3) is 21.8 Å². The minimum atomic E-state index is -0.972. The van der Waals surface area contributed by atoms with Crippen LogP contribution in [0.5, 0.6) is 11.5 Å². The van der Waals surface area contributed by atoms with E-state index in [1.165, 1.54) is 18.4 Å². The zero-order valence-electron chi connectivity index (χ0n) is 18.3. The molecule has 0 saturated heterocycles. The number of carbonyl (C=O) groups is 1. The predicted octanol–water partition coefficient (Wildman–Crippen LogP) is 4.96. The standard InChI is InChI=1S/C26H24N2O4S/c1-31-19-13-14-22(32-2)20(15-19)21(29)16-27-25(30)24-23(17-9-5-3-6-10-17)28-26(33-24)18-11-7-4-8-12-18/h3-15,21,29H,16H2,1-2H3,(H,27,30). The van der Waals surface area contributed by atoms with Gasteiger partial charge in [-0.15, -0.1) is 11.3 Å². The average Bonchev–Trinajstić information content (AvgIpc) is 3.33. The molecular formula is C26H24N2O4S. The molecule has 0 aliphatic carbocycles. The molecule has 0 aliphatic rings. The number of hydrogen-bond donors (Lipinski definition) is 2. The van der Waals surface area contributed by atoms with Crippen LogP contribution >= 0.6 is 11.3 Å². The number of aliphatic hydroxyl groups excluding tert-OH is 1. The van der Waals surface area contributed by atoms with E-state index in [0.717, 1.165) is 16.1 Å². The highest BCUT2D eigenvalue weighted by molar-refractivity contribution is 7.17. The Morgan fingerprint density at radius 1 is 0.970 bits per heavy atom. The first-order valence-electron chi connectivity index (χ1n) is 10.4. The van der Waals surface area contributed by atoms with Crippen LogP contribution in [-0.4, -0.2) is 36.8 Å². The van der Waals surface area contributed by atoms with Crippen molar-refractivity contribution < 1.29 is 19.4 Å². The lowest BCUT2D eigenvalue weighted by molar-refractivity contribution is 0.0919. The van der Waals surface area contributed by atoms with Crippen molar-refractivity contribution in [3.05, 3.63) is 89.3 Å². The Kier molecular flexibility index (Phi) is 7.02. The molecule has 0 radical (unpaired) electrons. The van der Waals surface area contributed by atoms with Crippen LogP contribution in [0.1, 0.15) is 21.3 Å². The molecule has 0 aliphatic heterocycles. The van der Waals surface area contributed by atoms with Gasteiger partial charge in [-0.05, 0) is 18.2 Å². The summed E-state index contributed by atoms with van der Waals surface area (Å²) in [5.41, 5.74) is 2.95. The molecule has 2 N–H and O–H groups in total. The van der Waals surface area contributed by atoms with Crippen LogP contribution in [0.3, 0.4) is 0 Å². The second kappa shape index (κ2) is 10.3. The lowest BCUT2D eigenvalue weighted by Gasteiger charge is -2.16. The first kappa shape index (κ1) is 22.5. The summed E-state index contributed by atoms with van der Waals surface area (Å²) in [6.45, 7) is 0.00909. The molecule has 1 atom stereocenters. The van der Waals surface area contributed by atoms with Crippen LogP contribution < -0.4 is 14.8 Å². The number of amides is 1. The van der Waals surface area contributed by atoms with E-state index in [1.807, 2.05) is 60.7 Å². The molecule has 1 heterocycles. The Bertz CT molecular complexity index is 1230. The summed E-state index contributed by atoms with van der Waals surface area (Å²) in [6, 6.07) is 24.5. The molecule has 4 aromatic rings. The molecule has 168 valence electrons. The first-order valence-corrected chi connectivity index (χ1v) is 11.2. The quantitative estimate of drug-likeness (QED) is 0.389. The summed E-state index contributed by atoms with van der Waals surface area (Å²) >= 11 is 1.33. The van der Waals surface area contributed by atoms with Crippen LogP contribution in [0.2, 0.25) is 0 Å². The van der Waals surface area contributed by atoms with Crippen molar-refractivity contribution in [1.82, 2.24) is 10.3 Å². The third-order valence-electron chi connectivity index (χ3n) is 5.15. The van der Waals surface area contributed by atoms with Gasteiger partial charge in [0.15, 0.2) is 0 Å². The molecular weight excluding hydrogens is 436 g/mol. The Morgan fingerprint density at radius 3 is 2.27 bits per heavy atom. The molecule has 1 amide bonds. The van der Waals surface area contributed by atoms with Gasteiger partial charge in [-0.3, -0.25) is 4.79 Å². The van der Waals surface area contributed by atoms with E-state index in [0.29, 0.717) is 27.6 Å². The lowest BCUT2D eigenvalue weighted by atomic mass is 10.1. The summed E-state index contributed by atoms with van der Waals surface area (Å²) < 4.78 is 10.6. The van der Waals surface area contributed by atoms with Gasteiger partial charge in [0.05, 0.1) is 19.9 Å². The molecule has 0 saturated carbocycles. The number of aromatic nitrogens is 1. The smallest absolute Gasteiger partial charge is 0.263 e. The number of methoxy groups -OCH3 is 2. The molecule has 7 heteroatoms. The molecule has 33 heavy (non-hydrogen) atoms. The van der Waals surface area contributed by atoms with E-state index in [9.17, 15) is 9.90 Å². The second-order valence-corrected chi connectivity index (χ2v) is 8.26. The zero-order chi connectivity index (χ0) is 23.2. The highest BCUT2D eigenvalue weighted by Gasteiger charge is 2.22. The number of carbonyl (C=O) groups excluding carboxylic acids is 1. The van der Waals surface area contributed by atoms with Gasteiger partial charge in [-0.1, -0.05) is 60.7 Å². The third-order valence-corrected chi connectivity index (χ3v) is 6.26. The van der Waals surface area contributed by atoms with Crippen LogP contribution in [-0.2, 0) is 0 Å². The van der Waals surface area contributed by atoms with Crippen molar-refractivity contribution in [2.75, 3.05) is 20.8 Å². The van der Waals surface area contributed by atoms with Gasteiger partial charge in [0.2, 0.25) is 0 Å². The largest absolute Gasteiger partial charge is 0.497 e. The van der Waals surface area contributed by atoms with Gasteiger partial charge >= 0.3 is 0 Å². The highest BCUT2D eigenvalue weighted by atomic mass is 32.1. The Morgan fingerprint density at radius 2 is 1.64 bits per heavy atom. The summed E-state index contributed by atoms with van der Waals surface area (Å²) in [7, 11) is 3.09. The Labute approximate surface area is 196 Å². The van der Waals surface area contributed by atoms with Gasteiger partial charge < -0.3 is 19.9 Å². The average molecular weight is 461 g/mol. The van der Waals surface area contributed by atoms with Crippen LogP contribution in [0.15, 0.2) is 78.9 Å². The highest BCUT2D eigenvalue weighted by Crippen LogP contribution is 2.34. The summed E-state index contributed by atoms with van der Waals surface area (Å²) in [5, 5.41) is 14.4. The molecule has 1 aromatic heterocycles.